The van der Waals surface area contributed by atoms with Crippen LogP contribution in [0.4, 0.5) is 5.69 Å². The standard InChI is InChI=1S/C16H17NO4S/c1-12-15(21-11-14-10-20-14)8-5-9-16(12)22(18,19)17-13-6-3-2-4-7-13/h2-9,14,17H,10-11H2,1H3. The second-order valence-electron chi connectivity index (χ2n) is 5.12. The van der Waals surface area contributed by atoms with Gasteiger partial charge in [-0.1, -0.05) is 24.3 Å². The van der Waals surface area contributed by atoms with Crippen LogP contribution in [0.2, 0.25) is 0 Å². The lowest BCUT2D eigenvalue weighted by Gasteiger charge is -2.13. The Morgan fingerprint density at radius 2 is 1.91 bits per heavy atom. The fourth-order valence-corrected chi connectivity index (χ4v) is 3.42. The Balaban J connectivity index is 1.84. The molecular weight excluding hydrogens is 302 g/mol. The fraction of sp³-hybridized carbons (Fsp3) is 0.250. The van der Waals surface area contributed by atoms with E-state index >= 15 is 0 Å². The van der Waals surface area contributed by atoms with Gasteiger partial charge in [0.05, 0.1) is 11.5 Å². The molecule has 0 bridgehead atoms. The highest BCUT2D eigenvalue weighted by Gasteiger charge is 2.24. The molecule has 22 heavy (non-hydrogen) atoms. The first-order chi connectivity index (χ1) is 10.6. The average molecular weight is 319 g/mol. The van der Waals surface area contributed by atoms with E-state index < -0.39 is 10.0 Å². The Kier molecular flexibility index (Phi) is 4.04. The number of epoxide rings is 1. The molecule has 3 rings (SSSR count). The fourth-order valence-electron chi connectivity index (χ4n) is 2.11. The van der Waals surface area contributed by atoms with E-state index in [1.54, 1.807) is 49.4 Å². The van der Waals surface area contributed by atoms with E-state index in [0.717, 1.165) is 0 Å². The van der Waals surface area contributed by atoms with Crippen LogP contribution in [0, 0.1) is 6.92 Å². The maximum Gasteiger partial charge on any atom is 0.262 e. The molecule has 1 atom stereocenters. The van der Waals surface area contributed by atoms with Crippen molar-refractivity contribution in [3.8, 4) is 5.75 Å². The van der Waals surface area contributed by atoms with Gasteiger partial charge in [-0.25, -0.2) is 8.42 Å². The monoisotopic (exact) mass is 319 g/mol. The van der Waals surface area contributed by atoms with Crippen LogP contribution in [0.15, 0.2) is 53.4 Å². The summed E-state index contributed by atoms with van der Waals surface area (Å²) in [6, 6.07) is 13.8. The third kappa shape index (κ3) is 3.40. The van der Waals surface area contributed by atoms with Crippen LogP contribution >= 0.6 is 0 Å². The lowest BCUT2D eigenvalue weighted by molar-refractivity contribution is 0.261. The summed E-state index contributed by atoms with van der Waals surface area (Å²) in [6.07, 6.45) is 0.127. The molecular formula is C16H17NO4S. The van der Waals surface area contributed by atoms with Crippen LogP contribution in [0.5, 0.6) is 5.75 Å². The molecule has 0 radical (unpaired) electrons. The highest BCUT2D eigenvalue weighted by atomic mass is 32.2. The highest BCUT2D eigenvalue weighted by Crippen LogP contribution is 2.27. The van der Waals surface area contributed by atoms with Gasteiger partial charge >= 0.3 is 0 Å². The van der Waals surface area contributed by atoms with Crippen LogP contribution in [0.1, 0.15) is 5.56 Å². The molecule has 1 aliphatic heterocycles. The molecule has 0 amide bonds. The van der Waals surface area contributed by atoms with Crippen LogP contribution in [-0.4, -0.2) is 27.7 Å². The second-order valence-corrected chi connectivity index (χ2v) is 6.77. The predicted molar refractivity (Wildman–Crippen MR) is 83.7 cm³/mol. The van der Waals surface area contributed by atoms with Gasteiger partial charge in [0.25, 0.3) is 10.0 Å². The highest BCUT2D eigenvalue weighted by molar-refractivity contribution is 7.92. The van der Waals surface area contributed by atoms with Gasteiger partial charge in [0.1, 0.15) is 18.5 Å². The molecule has 0 spiro atoms. The van der Waals surface area contributed by atoms with Crippen molar-refractivity contribution in [2.45, 2.75) is 17.9 Å². The number of hydrogen-bond donors (Lipinski definition) is 1. The van der Waals surface area contributed by atoms with Gasteiger partial charge in [-0.3, -0.25) is 4.72 Å². The smallest absolute Gasteiger partial charge is 0.262 e. The van der Waals surface area contributed by atoms with Crippen molar-refractivity contribution < 1.29 is 17.9 Å². The van der Waals surface area contributed by atoms with Gasteiger partial charge < -0.3 is 9.47 Å². The van der Waals surface area contributed by atoms with Crippen molar-refractivity contribution in [1.29, 1.82) is 0 Å². The Labute approximate surface area is 129 Å². The Hall–Kier alpha value is -2.05. The lowest BCUT2D eigenvalue weighted by atomic mass is 10.2. The first kappa shape index (κ1) is 14.9. The molecule has 2 aromatic rings. The topological polar surface area (TPSA) is 67.9 Å². The van der Waals surface area contributed by atoms with Gasteiger partial charge in [0.2, 0.25) is 0 Å². The van der Waals surface area contributed by atoms with Crippen molar-refractivity contribution >= 4 is 15.7 Å². The summed E-state index contributed by atoms with van der Waals surface area (Å²) < 4.78 is 38.4. The van der Waals surface area contributed by atoms with Gasteiger partial charge in [-0.05, 0) is 31.2 Å². The summed E-state index contributed by atoms with van der Waals surface area (Å²) in [5.41, 5.74) is 1.12. The minimum Gasteiger partial charge on any atom is -0.490 e. The molecule has 1 heterocycles. The minimum atomic E-state index is -3.65. The van der Waals surface area contributed by atoms with Crippen molar-refractivity contribution in [3.63, 3.8) is 0 Å². The number of para-hydroxylation sites is 1. The molecule has 1 fully saturated rings. The summed E-state index contributed by atoms with van der Waals surface area (Å²) >= 11 is 0. The Bertz CT molecular complexity index is 755. The van der Waals surface area contributed by atoms with Crippen LogP contribution < -0.4 is 9.46 Å². The number of nitrogens with one attached hydrogen (secondary N) is 1. The SMILES string of the molecule is Cc1c(OCC2CO2)cccc1S(=O)(=O)Nc1ccccc1. The van der Waals surface area contributed by atoms with Crippen molar-refractivity contribution in [1.82, 2.24) is 0 Å². The summed E-state index contributed by atoms with van der Waals surface area (Å²) in [7, 11) is -3.65. The zero-order valence-corrected chi connectivity index (χ0v) is 13.0. The van der Waals surface area contributed by atoms with E-state index in [1.165, 1.54) is 0 Å². The Morgan fingerprint density at radius 3 is 2.59 bits per heavy atom. The first-order valence-electron chi connectivity index (χ1n) is 6.98. The van der Waals surface area contributed by atoms with Gasteiger partial charge in [0.15, 0.2) is 0 Å². The van der Waals surface area contributed by atoms with E-state index in [-0.39, 0.29) is 11.0 Å². The molecule has 116 valence electrons. The molecule has 6 heteroatoms. The predicted octanol–water partition coefficient (Wildman–Crippen LogP) is 2.57. The first-order valence-corrected chi connectivity index (χ1v) is 8.46. The third-order valence-electron chi connectivity index (χ3n) is 3.38. The molecule has 0 aliphatic carbocycles. The minimum absolute atomic E-state index is 0.127. The summed E-state index contributed by atoms with van der Waals surface area (Å²) in [5.74, 6) is 0.562. The molecule has 1 aliphatic rings. The number of benzene rings is 2. The van der Waals surface area contributed by atoms with Gasteiger partial charge in [-0.2, -0.15) is 0 Å². The number of ether oxygens (including phenoxy) is 2. The normalized spacial score (nSPS) is 17.0. The van der Waals surface area contributed by atoms with Gasteiger partial charge in [0, 0.05) is 11.3 Å². The van der Waals surface area contributed by atoms with Crippen molar-refractivity contribution in [2.75, 3.05) is 17.9 Å². The third-order valence-corrected chi connectivity index (χ3v) is 4.90. The second kappa shape index (κ2) is 5.98. The number of hydrogen-bond acceptors (Lipinski definition) is 4. The molecule has 2 aromatic carbocycles. The van der Waals surface area contributed by atoms with E-state index in [2.05, 4.69) is 4.72 Å². The largest absolute Gasteiger partial charge is 0.490 e. The molecule has 0 saturated carbocycles. The lowest BCUT2D eigenvalue weighted by Crippen LogP contribution is -2.15. The summed E-state index contributed by atoms with van der Waals surface area (Å²) in [5, 5.41) is 0. The summed E-state index contributed by atoms with van der Waals surface area (Å²) in [4.78, 5) is 0.213. The molecule has 0 aromatic heterocycles. The Morgan fingerprint density at radius 1 is 1.18 bits per heavy atom. The van der Waals surface area contributed by atoms with Crippen molar-refractivity contribution in [3.05, 3.63) is 54.1 Å². The quantitative estimate of drug-likeness (QED) is 0.831. The zero-order chi connectivity index (χ0) is 15.6. The number of anilines is 1. The van der Waals surface area contributed by atoms with E-state index in [9.17, 15) is 8.42 Å². The molecule has 1 unspecified atom stereocenters. The van der Waals surface area contributed by atoms with Crippen LogP contribution in [0.25, 0.3) is 0 Å². The molecule has 1 N–H and O–H groups in total. The van der Waals surface area contributed by atoms with Crippen LogP contribution in [0.3, 0.4) is 0 Å². The van der Waals surface area contributed by atoms with E-state index in [4.69, 9.17) is 9.47 Å². The van der Waals surface area contributed by atoms with Gasteiger partial charge in [-0.15, -0.1) is 0 Å². The van der Waals surface area contributed by atoms with E-state index in [1.807, 2.05) is 6.07 Å². The van der Waals surface area contributed by atoms with Crippen molar-refractivity contribution in [2.24, 2.45) is 0 Å². The zero-order valence-electron chi connectivity index (χ0n) is 12.2. The maximum absolute atomic E-state index is 12.5. The average Bonchev–Trinajstić information content (AvgIpc) is 3.31. The summed E-state index contributed by atoms with van der Waals surface area (Å²) in [6.45, 7) is 2.88. The molecule has 1 saturated heterocycles. The van der Waals surface area contributed by atoms with Crippen LogP contribution in [-0.2, 0) is 14.8 Å². The van der Waals surface area contributed by atoms with E-state index in [0.29, 0.717) is 30.2 Å². The number of sulfonamides is 1. The maximum atomic E-state index is 12.5. The molecule has 5 nitrogen and oxygen atoms in total. The number of rotatable bonds is 6.